The van der Waals surface area contributed by atoms with Gasteiger partial charge in [-0.1, -0.05) is 43.3 Å². The highest BCUT2D eigenvalue weighted by molar-refractivity contribution is 5.87. The number of nitrogens with one attached hydrogen (secondary N) is 1. The average Bonchev–Trinajstić information content (AvgIpc) is 2.43. The number of unbranched alkanes of at least 4 members (excludes halogenated alkanes) is 2. The zero-order valence-corrected chi connectivity index (χ0v) is 12.9. The maximum Gasteiger partial charge on any atom is 0.159 e. The second-order valence-electron chi connectivity index (χ2n) is 5.91. The number of allylic oxidation sites excluding steroid dienone is 1. The predicted octanol–water partition coefficient (Wildman–Crippen LogP) is 3.25. The van der Waals surface area contributed by atoms with E-state index in [1.165, 1.54) is 18.4 Å². The summed E-state index contributed by atoms with van der Waals surface area (Å²) >= 11 is 0. The standard InChI is InChI=1S/C18H25NO2/c1-15(19-18(16(2)20)13-21-14-18)9-5-3-6-10-17-11-7-4-8-12-17/h4,7-8,11-12,19H,1,3,5-6,9-10,13-14H2,2H3. The van der Waals surface area contributed by atoms with Crippen molar-refractivity contribution in [2.75, 3.05) is 13.2 Å². The smallest absolute Gasteiger partial charge is 0.159 e. The first-order chi connectivity index (χ1) is 10.1. The molecule has 0 aliphatic carbocycles. The summed E-state index contributed by atoms with van der Waals surface area (Å²) in [5.74, 6) is 0.138. The lowest BCUT2D eigenvalue weighted by atomic mass is 9.92. The highest BCUT2D eigenvalue weighted by Crippen LogP contribution is 2.21. The van der Waals surface area contributed by atoms with Gasteiger partial charge in [0.25, 0.3) is 0 Å². The number of Topliss-reactive ketones (excluding diaryl/α,β-unsaturated/α-hetero) is 1. The second kappa shape index (κ2) is 7.41. The van der Waals surface area contributed by atoms with Crippen LogP contribution >= 0.6 is 0 Å². The van der Waals surface area contributed by atoms with E-state index >= 15 is 0 Å². The van der Waals surface area contributed by atoms with Gasteiger partial charge in [0.15, 0.2) is 5.78 Å². The SMILES string of the molecule is C=C(CCCCCc1ccccc1)NC1(C(C)=O)COC1. The number of ketones is 1. The summed E-state index contributed by atoms with van der Waals surface area (Å²) in [5, 5.41) is 3.27. The molecular formula is C18H25NO2. The van der Waals surface area contributed by atoms with Gasteiger partial charge >= 0.3 is 0 Å². The molecule has 1 fully saturated rings. The van der Waals surface area contributed by atoms with E-state index in [0.717, 1.165) is 25.0 Å². The van der Waals surface area contributed by atoms with Crippen molar-refractivity contribution in [3.8, 4) is 0 Å². The van der Waals surface area contributed by atoms with Gasteiger partial charge in [-0.2, -0.15) is 0 Å². The Morgan fingerprint density at radius 3 is 2.52 bits per heavy atom. The van der Waals surface area contributed by atoms with Crippen LogP contribution in [0.3, 0.4) is 0 Å². The minimum atomic E-state index is -0.499. The summed E-state index contributed by atoms with van der Waals surface area (Å²) in [6.07, 6.45) is 5.53. The Bertz CT molecular complexity index is 477. The maximum atomic E-state index is 11.6. The first kappa shape index (κ1) is 15.8. The van der Waals surface area contributed by atoms with Crippen molar-refractivity contribution in [3.63, 3.8) is 0 Å². The number of ether oxygens (including phenoxy) is 1. The van der Waals surface area contributed by atoms with Crippen molar-refractivity contribution >= 4 is 5.78 Å². The molecule has 0 atom stereocenters. The van der Waals surface area contributed by atoms with Crippen LogP contribution in [0.1, 0.15) is 38.2 Å². The number of carbonyl (C=O) groups is 1. The van der Waals surface area contributed by atoms with Crippen molar-refractivity contribution in [2.24, 2.45) is 0 Å². The fourth-order valence-corrected chi connectivity index (χ4v) is 2.56. The summed E-state index contributed by atoms with van der Waals surface area (Å²) in [4.78, 5) is 11.6. The third kappa shape index (κ3) is 4.43. The summed E-state index contributed by atoms with van der Waals surface area (Å²) in [6, 6.07) is 10.6. The molecule has 21 heavy (non-hydrogen) atoms. The van der Waals surface area contributed by atoms with Gasteiger partial charge in [-0.05, 0) is 38.2 Å². The van der Waals surface area contributed by atoms with Crippen LogP contribution in [0.15, 0.2) is 42.6 Å². The third-order valence-corrected chi connectivity index (χ3v) is 4.07. The van der Waals surface area contributed by atoms with Gasteiger partial charge in [0.1, 0.15) is 5.54 Å². The highest BCUT2D eigenvalue weighted by atomic mass is 16.5. The number of hydrogen-bond acceptors (Lipinski definition) is 3. The normalized spacial score (nSPS) is 16.0. The quantitative estimate of drug-likeness (QED) is 0.709. The monoisotopic (exact) mass is 287 g/mol. The van der Waals surface area contributed by atoms with E-state index in [9.17, 15) is 4.79 Å². The summed E-state index contributed by atoms with van der Waals surface area (Å²) < 4.78 is 5.17. The maximum absolute atomic E-state index is 11.6. The van der Waals surface area contributed by atoms with Crippen LogP contribution in [0.4, 0.5) is 0 Å². The molecule has 0 spiro atoms. The van der Waals surface area contributed by atoms with E-state index in [1.54, 1.807) is 6.92 Å². The summed E-state index contributed by atoms with van der Waals surface area (Å²) in [6.45, 7) is 6.59. The van der Waals surface area contributed by atoms with Crippen LogP contribution < -0.4 is 5.32 Å². The minimum absolute atomic E-state index is 0.138. The molecule has 0 amide bonds. The Balaban J connectivity index is 1.60. The van der Waals surface area contributed by atoms with E-state index < -0.39 is 5.54 Å². The Morgan fingerprint density at radius 2 is 1.95 bits per heavy atom. The zero-order valence-electron chi connectivity index (χ0n) is 12.9. The Morgan fingerprint density at radius 1 is 1.24 bits per heavy atom. The van der Waals surface area contributed by atoms with Crippen LogP contribution in [-0.2, 0) is 16.0 Å². The molecule has 1 aromatic rings. The fourth-order valence-electron chi connectivity index (χ4n) is 2.56. The van der Waals surface area contributed by atoms with Crippen LogP contribution in [0.5, 0.6) is 0 Å². The third-order valence-electron chi connectivity index (χ3n) is 4.07. The molecule has 1 aliphatic rings. The number of aryl methyl sites for hydroxylation is 1. The molecule has 1 N–H and O–H groups in total. The van der Waals surface area contributed by atoms with Gasteiger partial charge in [0, 0.05) is 5.70 Å². The van der Waals surface area contributed by atoms with E-state index in [-0.39, 0.29) is 5.78 Å². The first-order valence-electron chi connectivity index (χ1n) is 7.71. The average molecular weight is 287 g/mol. The van der Waals surface area contributed by atoms with Gasteiger partial charge < -0.3 is 10.1 Å². The van der Waals surface area contributed by atoms with Gasteiger partial charge in [-0.25, -0.2) is 0 Å². The summed E-state index contributed by atoms with van der Waals surface area (Å²) in [5.41, 5.74) is 1.85. The van der Waals surface area contributed by atoms with Crippen molar-refractivity contribution in [1.82, 2.24) is 5.32 Å². The Labute approximate surface area is 127 Å². The van der Waals surface area contributed by atoms with Crippen molar-refractivity contribution < 1.29 is 9.53 Å². The Hall–Kier alpha value is -1.61. The fraction of sp³-hybridized carbons (Fsp3) is 0.500. The molecule has 1 saturated heterocycles. The molecule has 1 heterocycles. The second-order valence-corrected chi connectivity index (χ2v) is 5.91. The predicted molar refractivity (Wildman–Crippen MR) is 85.1 cm³/mol. The molecule has 0 unspecified atom stereocenters. The molecule has 3 heteroatoms. The van der Waals surface area contributed by atoms with E-state index in [1.807, 2.05) is 6.07 Å². The van der Waals surface area contributed by atoms with Crippen LogP contribution in [0, 0.1) is 0 Å². The van der Waals surface area contributed by atoms with Crippen LogP contribution in [0.2, 0.25) is 0 Å². The first-order valence-corrected chi connectivity index (χ1v) is 7.71. The number of hydrogen-bond donors (Lipinski definition) is 1. The topological polar surface area (TPSA) is 38.3 Å². The van der Waals surface area contributed by atoms with Crippen molar-refractivity contribution in [1.29, 1.82) is 0 Å². The van der Waals surface area contributed by atoms with Gasteiger partial charge in [0.2, 0.25) is 0 Å². The zero-order chi connectivity index (χ0) is 15.1. The van der Waals surface area contributed by atoms with E-state index in [0.29, 0.717) is 13.2 Å². The van der Waals surface area contributed by atoms with Gasteiger partial charge in [-0.15, -0.1) is 0 Å². The molecule has 0 aromatic heterocycles. The summed E-state index contributed by atoms with van der Waals surface area (Å²) in [7, 11) is 0. The Kier molecular flexibility index (Phi) is 5.57. The molecule has 3 nitrogen and oxygen atoms in total. The van der Waals surface area contributed by atoms with E-state index in [4.69, 9.17) is 4.74 Å². The molecule has 1 aliphatic heterocycles. The molecular weight excluding hydrogens is 262 g/mol. The lowest BCUT2D eigenvalue weighted by Gasteiger charge is -2.41. The molecule has 114 valence electrons. The van der Waals surface area contributed by atoms with E-state index in [2.05, 4.69) is 36.2 Å². The highest BCUT2D eigenvalue weighted by Gasteiger charge is 2.43. The number of rotatable bonds is 9. The van der Waals surface area contributed by atoms with Gasteiger partial charge in [0.05, 0.1) is 13.2 Å². The molecule has 0 saturated carbocycles. The largest absolute Gasteiger partial charge is 0.375 e. The van der Waals surface area contributed by atoms with Gasteiger partial charge in [-0.3, -0.25) is 4.79 Å². The van der Waals surface area contributed by atoms with Crippen LogP contribution in [0.25, 0.3) is 0 Å². The molecule has 1 aromatic carbocycles. The van der Waals surface area contributed by atoms with Crippen molar-refractivity contribution in [3.05, 3.63) is 48.2 Å². The lowest BCUT2D eigenvalue weighted by molar-refractivity contribution is -0.142. The number of carbonyl (C=O) groups excluding carboxylic acids is 1. The molecule has 2 rings (SSSR count). The van der Waals surface area contributed by atoms with Crippen LogP contribution in [-0.4, -0.2) is 24.5 Å². The minimum Gasteiger partial charge on any atom is -0.375 e. The number of benzene rings is 1. The molecule has 0 bridgehead atoms. The molecule has 0 radical (unpaired) electrons. The lowest BCUT2D eigenvalue weighted by Crippen LogP contribution is -2.64. The van der Waals surface area contributed by atoms with Crippen molar-refractivity contribution in [2.45, 2.75) is 44.6 Å².